The third kappa shape index (κ3) is 3.14. The zero-order chi connectivity index (χ0) is 12.3. The summed E-state index contributed by atoms with van der Waals surface area (Å²) in [5, 5.41) is 0.718. The van der Waals surface area contributed by atoms with Crippen LogP contribution in [0.5, 0.6) is 0 Å². The van der Waals surface area contributed by atoms with Gasteiger partial charge in [0.2, 0.25) is 0 Å². The molecular weight excluding hydrogens is 252 g/mol. The molecule has 0 aliphatic carbocycles. The number of rotatable bonds is 3. The molecular formula is C13H13ClN2S. The number of hydrogen-bond donors (Lipinski definition) is 1. The number of aromatic nitrogens is 2. The van der Waals surface area contributed by atoms with E-state index in [1.165, 1.54) is 0 Å². The quantitative estimate of drug-likeness (QED) is 0.832. The van der Waals surface area contributed by atoms with Crippen molar-refractivity contribution < 1.29 is 0 Å². The average molecular weight is 265 g/mol. The summed E-state index contributed by atoms with van der Waals surface area (Å²) in [4.78, 5) is 7.59. The van der Waals surface area contributed by atoms with E-state index in [-0.39, 0.29) is 0 Å². The van der Waals surface area contributed by atoms with E-state index in [0.29, 0.717) is 4.64 Å². The van der Waals surface area contributed by atoms with Crippen LogP contribution in [-0.2, 0) is 6.42 Å². The second-order valence-electron chi connectivity index (χ2n) is 3.84. The third-order valence-corrected chi connectivity index (χ3v) is 2.86. The smallest absolute Gasteiger partial charge is 0.130 e. The summed E-state index contributed by atoms with van der Waals surface area (Å²) >= 11 is 11.1. The van der Waals surface area contributed by atoms with E-state index in [0.717, 1.165) is 34.9 Å². The van der Waals surface area contributed by atoms with Crippen LogP contribution in [0.25, 0.3) is 11.3 Å². The van der Waals surface area contributed by atoms with Gasteiger partial charge in [-0.3, -0.25) is 0 Å². The largest absolute Gasteiger partial charge is 0.343 e. The van der Waals surface area contributed by atoms with Crippen molar-refractivity contribution >= 4 is 23.8 Å². The van der Waals surface area contributed by atoms with Crippen molar-refractivity contribution in [3.8, 4) is 11.3 Å². The minimum atomic E-state index is 0.613. The minimum absolute atomic E-state index is 0.613. The molecule has 0 bridgehead atoms. The summed E-state index contributed by atoms with van der Waals surface area (Å²) < 4.78 is 0.613. The number of nitrogens with zero attached hydrogens (tertiary/aromatic N) is 1. The molecule has 0 amide bonds. The molecule has 0 fully saturated rings. The number of aromatic amines is 1. The fourth-order valence-electron chi connectivity index (χ4n) is 1.67. The van der Waals surface area contributed by atoms with E-state index in [4.69, 9.17) is 23.8 Å². The lowest BCUT2D eigenvalue weighted by Gasteiger charge is -2.05. The Morgan fingerprint density at radius 2 is 2.18 bits per heavy atom. The summed E-state index contributed by atoms with van der Waals surface area (Å²) in [6.45, 7) is 2.12. The summed E-state index contributed by atoms with van der Waals surface area (Å²) in [5.41, 5.74) is 2.00. The minimum Gasteiger partial charge on any atom is -0.343 e. The lowest BCUT2D eigenvalue weighted by atomic mass is 10.1. The van der Waals surface area contributed by atoms with Gasteiger partial charge in [-0.2, -0.15) is 0 Å². The van der Waals surface area contributed by atoms with Crippen LogP contribution in [0.3, 0.4) is 0 Å². The lowest BCUT2D eigenvalue weighted by molar-refractivity contribution is 0.833. The molecule has 0 atom stereocenters. The van der Waals surface area contributed by atoms with Gasteiger partial charge in [-0.05, 0) is 30.2 Å². The molecule has 17 heavy (non-hydrogen) atoms. The molecule has 0 spiro atoms. The van der Waals surface area contributed by atoms with Gasteiger partial charge in [0, 0.05) is 17.1 Å². The number of nitrogens with one attached hydrogen (secondary N) is 1. The zero-order valence-electron chi connectivity index (χ0n) is 9.53. The van der Waals surface area contributed by atoms with Gasteiger partial charge in [-0.1, -0.05) is 42.9 Å². The number of H-pyrrole nitrogens is 1. The molecule has 4 heteroatoms. The molecule has 1 aromatic heterocycles. The molecule has 0 aliphatic heterocycles. The number of aryl methyl sites for hydroxylation is 1. The van der Waals surface area contributed by atoms with Crippen LogP contribution in [0.2, 0.25) is 5.02 Å². The first-order valence-electron chi connectivity index (χ1n) is 5.55. The summed E-state index contributed by atoms with van der Waals surface area (Å²) in [6.07, 6.45) is 1.94. The number of hydrogen-bond acceptors (Lipinski definition) is 2. The van der Waals surface area contributed by atoms with Crippen LogP contribution in [-0.4, -0.2) is 9.97 Å². The number of benzene rings is 1. The Labute approximate surface area is 111 Å². The summed E-state index contributed by atoms with van der Waals surface area (Å²) in [7, 11) is 0. The fraction of sp³-hybridized carbons (Fsp3) is 0.231. The maximum absolute atomic E-state index is 5.98. The third-order valence-electron chi connectivity index (χ3n) is 2.41. The van der Waals surface area contributed by atoms with Crippen molar-refractivity contribution in [2.24, 2.45) is 0 Å². The first-order chi connectivity index (χ1) is 8.19. The molecule has 0 radical (unpaired) electrons. The van der Waals surface area contributed by atoms with E-state index >= 15 is 0 Å². The lowest BCUT2D eigenvalue weighted by Crippen LogP contribution is -1.96. The van der Waals surface area contributed by atoms with Crippen molar-refractivity contribution in [2.45, 2.75) is 19.8 Å². The highest BCUT2D eigenvalue weighted by atomic mass is 35.5. The molecule has 1 aromatic carbocycles. The maximum Gasteiger partial charge on any atom is 0.130 e. The highest BCUT2D eigenvalue weighted by molar-refractivity contribution is 7.71. The van der Waals surface area contributed by atoms with Gasteiger partial charge in [0.05, 0.1) is 0 Å². The van der Waals surface area contributed by atoms with Gasteiger partial charge in [-0.25, -0.2) is 4.98 Å². The molecule has 0 saturated heterocycles. The molecule has 1 N–H and O–H groups in total. The molecule has 2 aromatic rings. The Bertz CT molecular complexity index is 578. The van der Waals surface area contributed by atoms with Crippen molar-refractivity contribution in [3.05, 3.63) is 45.8 Å². The predicted molar refractivity (Wildman–Crippen MR) is 73.9 cm³/mol. The molecule has 0 saturated carbocycles. The van der Waals surface area contributed by atoms with Gasteiger partial charge in [0.25, 0.3) is 0 Å². The second-order valence-corrected chi connectivity index (χ2v) is 4.69. The first-order valence-corrected chi connectivity index (χ1v) is 6.34. The van der Waals surface area contributed by atoms with Crippen molar-refractivity contribution in [1.29, 1.82) is 0 Å². The molecule has 0 aliphatic rings. The van der Waals surface area contributed by atoms with Gasteiger partial charge >= 0.3 is 0 Å². The van der Waals surface area contributed by atoms with Gasteiger partial charge in [-0.15, -0.1) is 0 Å². The summed E-state index contributed by atoms with van der Waals surface area (Å²) in [5.74, 6) is 0.926. The molecule has 1 heterocycles. The number of halogens is 1. The van der Waals surface area contributed by atoms with Crippen molar-refractivity contribution in [3.63, 3.8) is 0 Å². The van der Waals surface area contributed by atoms with Gasteiger partial charge in [0.1, 0.15) is 10.5 Å². The zero-order valence-corrected chi connectivity index (χ0v) is 11.1. The van der Waals surface area contributed by atoms with Crippen LogP contribution >= 0.6 is 23.8 Å². The first kappa shape index (κ1) is 12.3. The Balaban J connectivity index is 2.48. The van der Waals surface area contributed by atoms with Crippen LogP contribution in [0, 0.1) is 4.64 Å². The normalized spacial score (nSPS) is 10.5. The highest BCUT2D eigenvalue weighted by Crippen LogP contribution is 2.21. The highest BCUT2D eigenvalue weighted by Gasteiger charge is 2.02. The second kappa shape index (κ2) is 5.43. The standard InChI is InChI=1S/C13H13ClN2S/c1-2-4-12-15-11(8-13(17)16-12)9-5-3-6-10(14)7-9/h3,5-8H,2,4H2,1H3,(H,15,16,17). The van der Waals surface area contributed by atoms with E-state index in [2.05, 4.69) is 16.9 Å². The maximum atomic E-state index is 5.98. The van der Waals surface area contributed by atoms with Crippen molar-refractivity contribution in [2.75, 3.05) is 0 Å². The van der Waals surface area contributed by atoms with Crippen molar-refractivity contribution in [1.82, 2.24) is 9.97 Å². The Kier molecular flexibility index (Phi) is 3.92. The Hall–Kier alpha value is -1.19. The average Bonchev–Trinajstić information content (AvgIpc) is 2.28. The van der Waals surface area contributed by atoms with E-state index in [1.54, 1.807) is 0 Å². The predicted octanol–water partition coefficient (Wildman–Crippen LogP) is 4.41. The van der Waals surface area contributed by atoms with E-state index in [9.17, 15) is 0 Å². The Morgan fingerprint density at radius 1 is 1.35 bits per heavy atom. The van der Waals surface area contributed by atoms with Crippen LogP contribution in [0.15, 0.2) is 30.3 Å². The SMILES string of the molecule is CCCc1nc(=S)cc(-c2cccc(Cl)c2)[nH]1. The van der Waals surface area contributed by atoms with Crippen LogP contribution in [0.1, 0.15) is 19.2 Å². The fourth-order valence-corrected chi connectivity index (χ4v) is 2.09. The molecule has 2 rings (SSSR count). The van der Waals surface area contributed by atoms with E-state index < -0.39 is 0 Å². The van der Waals surface area contributed by atoms with Crippen LogP contribution < -0.4 is 0 Å². The molecule has 2 nitrogen and oxygen atoms in total. The molecule has 88 valence electrons. The topological polar surface area (TPSA) is 28.7 Å². The monoisotopic (exact) mass is 264 g/mol. The van der Waals surface area contributed by atoms with Gasteiger partial charge < -0.3 is 4.98 Å². The Morgan fingerprint density at radius 3 is 2.88 bits per heavy atom. The van der Waals surface area contributed by atoms with E-state index in [1.807, 2.05) is 30.3 Å². The van der Waals surface area contributed by atoms with Gasteiger partial charge in [0.15, 0.2) is 0 Å². The summed E-state index contributed by atoms with van der Waals surface area (Å²) in [6, 6.07) is 9.56. The van der Waals surface area contributed by atoms with Crippen LogP contribution in [0.4, 0.5) is 0 Å². The molecule has 0 unspecified atom stereocenters.